The number of halogens is 3. The zero-order chi connectivity index (χ0) is 12.9. The van der Waals surface area contributed by atoms with Crippen molar-refractivity contribution in [1.82, 2.24) is 5.32 Å². The Hall–Kier alpha value is -0.290. The Morgan fingerprint density at radius 1 is 1.35 bits per heavy atom. The van der Waals surface area contributed by atoms with Crippen LogP contribution in [0.1, 0.15) is 39.0 Å². The normalized spacial score (nSPS) is 20.3. The fourth-order valence-corrected chi connectivity index (χ4v) is 2.14. The molecule has 17 heavy (non-hydrogen) atoms. The van der Waals surface area contributed by atoms with Gasteiger partial charge in [0.1, 0.15) is 0 Å². The molecule has 0 saturated heterocycles. The Morgan fingerprint density at radius 2 is 2.00 bits per heavy atom. The van der Waals surface area contributed by atoms with E-state index in [4.69, 9.17) is 4.74 Å². The van der Waals surface area contributed by atoms with E-state index < -0.39 is 12.6 Å². The molecule has 0 heterocycles. The molecule has 0 aliphatic heterocycles. The Kier molecular flexibility index (Phi) is 5.73. The number of nitrogens with one attached hydrogen (secondary N) is 1. The summed E-state index contributed by atoms with van der Waals surface area (Å²) in [5.74, 6) is 0.447. The van der Waals surface area contributed by atoms with E-state index in [-0.39, 0.29) is 18.6 Å². The first kappa shape index (κ1) is 14.8. The summed E-state index contributed by atoms with van der Waals surface area (Å²) in [4.78, 5) is 0. The van der Waals surface area contributed by atoms with Crippen molar-refractivity contribution in [3.05, 3.63) is 0 Å². The fourth-order valence-electron chi connectivity index (χ4n) is 2.14. The predicted molar refractivity (Wildman–Crippen MR) is 60.9 cm³/mol. The third-order valence-electron chi connectivity index (χ3n) is 3.15. The van der Waals surface area contributed by atoms with Crippen LogP contribution in [0.25, 0.3) is 0 Å². The molecule has 0 aromatic rings. The molecule has 0 aromatic heterocycles. The van der Waals surface area contributed by atoms with E-state index in [1.165, 1.54) is 0 Å². The van der Waals surface area contributed by atoms with E-state index in [1.807, 2.05) is 6.92 Å². The van der Waals surface area contributed by atoms with Gasteiger partial charge in [-0.05, 0) is 38.1 Å². The topological polar surface area (TPSA) is 21.3 Å². The van der Waals surface area contributed by atoms with Gasteiger partial charge in [-0.2, -0.15) is 13.2 Å². The average molecular weight is 253 g/mol. The quantitative estimate of drug-likeness (QED) is 0.717. The van der Waals surface area contributed by atoms with Crippen LogP contribution in [0.4, 0.5) is 13.2 Å². The van der Waals surface area contributed by atoms with E-state index in [0.717, 1.165) is 25.8 Å². The molecule has 0 aromatic carbocycles. The van der Waals surface area contributed by atoms with Crippen LogP contribution >= 0.6 is 0 Å². The zero-order valence-corrected chi connectivity index (χ0v) is 10.5. The van der Waals surface area contributed by atoms with Crippen molar-refractivity contribution in [3.63, 3.8) is 0 Å². The minimum absolute atomic E-state index is 0.0658. The summed E-state index contributed by atoms with van der Waals surface area (Å²) in [6, 6.07) is -0.172. The number of methoxy groups -OCH3 is 1. The lowest BCUT2D eigenvalue weighted by Crippen LogP contribution is -2.43. The van der Waals surface area contributed by atoms with Crippen molar-refractivity contribution >= 4 is 0 Å². The molecule has 5 heteroatoms. The first-order valence-electron chi connectivity index (χ1n) is 6.31. The van der Waals surface area contributed by atoms with Crippen molar-refractivity contribution < 1.29 is 17.9 Å². The summed E-state index contributed by atoms with van der Waals surface area (Å²) >= 11 is 0. The lowest BCUT2D eigenvalue weighted by atomic mass is 10.0. The van der Waals surface area contributed by atoms with Gasteiger partial charge in [-0.3, -0.25) is 0 Å². The third kappa shape index (κ3) is 5.73. The average Bonchev–Trinajstić information content (AvgIpc) is 3.05. The SMILES string of the molecule is CCCNC(CCC(F)(F)F)C(OC)C1CC1. The number of hydrogen-bond acceptors (Lipinski definition) is 2. The van der Waals surface area contributed by atoms with Gasteiger partial charge < -0.3 is 10.1 Å². The van der Waals surface area contributed by atoms with Crippen molar-refractivity contribution in [2.24, 2.45) is 5.92 Å². The molecule has 2 unspecified atom stereocenters. The van der Waals surface area contributed by atoms with Gasteiger partial charge in [-0.25, -0.2) is 0 Å². The Balaban J connectivity index is 2.45. The van der Waals surface area contributed by atoms with Crippen LogP contribution in [0.5, 0.6) is 0 Å². The first-order valence-corrected chi connectivity index (χ1v) is 6.31. The van der Waals surface area contributed by atoms with Crippen molar-refractivity contribution in [1.29, 1.82) is 0 Å². The van der Waals surface area contributed by atoms with Gasteiger partial charge in [0.2, 0.25) is 0 Å². The maximum atomic E-state index is 12.3. The molecule has 0 spiro atoms. The zero-order valence-electron chi connectivity index (χ0n) is 10.5. The molecule has 2 nitrogen and oxygen atoms in total. The molecule has 1 saturated carbocycles. The van der Waals surface area contributed by atoms with E-state index in [9.17, 15) is 13.2 Å². The van der Waals surface area contributed by atoms with Gasteiger partial charge in [-0.15, -0.1) is 0 Å². The van der Waals surface area contributed by atoms with E-state index in [0.29, 0.717) is 5.92 Å². The predicted octanol–water partition coefficient (Wildman–Crippen LogP) is 3.12. The van der Waals surface area contributed by atoms with E-state index in [1.54, 1.807) is 7.11 Å². The van der Waals surface area contributed by atoms with Crippen LogP contribution in [0, 0.1) is 5.92 Å². The summed E-state index contributed by atoms with van der Waals surface area (Å²) in [6.07, 6.45) is -1.69. The summed E-state index contributed by atoms with van der Waals surface area (Å²) in [7, 11) is 1.59. The highest BCUT2D eigenvalue weighted by Gasteiger charge is 2.38. The standard InChI is InChI=1S/C12H22F3NO/c1-3-8-16-10(6-7-12(13,14)15)11(17-2)9-4-5-9/h9-11,16H,3-8H2,1-2H3. The molecule has 2 atom stereocenters. The third-order valence-corrected chi connectivity index (χ3v) is 3.15. The lowest BCUT2D eigenvalue weighted by molar-refractivity contribution is -0.138. The van der Waals surface area contributed by atoms with Crippen molar-refractivity contribution in [3.8, 4) is 0 Å². The molecular formula is C12H22F3NO. The van der Waals surface area contributed by atoms with E-state index >= 15 is 0 Å². The van der Waals surface area contributed by atoms with Crippen LogP contribution in [-0.4, -0.2) is 32.0 Å². The second-order valence-electron chi connectivity index (χ2n) is 4.75. The van der Waals surface area contributed by atoms with Crippen LogP contribution in [-0.2, 0) is 4.74 Å². The Bertz CT molecular complexity index is 216. The Morgan fingerprint density at radius 3 is 2.41 bits per heavy atom. The van der Waals surface area contributed by atoms with Crippen molar-refractivity contribution in [2.45, 2.75) is 57.3 Å². The first-order chi connectivity index (χ1) is 7.98. The number of rotatable bonds is 8. The fraction of sp³-hybridized carbons (Fsp3) is 1.00. The minimum Gasteiger partial charge on any atom is -0.380 e. The molecule has 102 valence electrons. The highest BCUT2D eigenvalue weighted by molar-refractivity contribution is 4.90. The highest BCUT2D eigenvalue weighted by Crippen LogP contribution is 2.37. The monoisotopic (exact) mass is 253 g/mol. The largest absolute Gasteiger partial charge is 0.389 e. The maximum Gasteiger partial charge on any atom is 0.389 e. The summed E-state index contributed by atoms with van der Waals surface area (Å²) in [5.41, 5.74) is 0. The van der Waals surface area contributed by atoms with Gasteiger partial charge in [0.15, 0.2) is 0 Å². The lowest BCUT2D eigenvalue weighted by Gasteiger charge is -2.27. The maximum absolute atomic E-state index is 12.3. The number of hydrogen-bond donors (Lipinski definition) is 1. The molecular weight excluding hydrogens is 231 g/mol. The molecule has 1 fully saturated rings. The molecule has 1 aliphatic carbocycles. The van der Waals surface area contributed by atoms with Gasteiger partial charge in [0.05, 0.1) is 6.10 Å². The second-order valence-corrected chi connectivity index (χ2v) is 4.75. The van der Waals surface area contributed by atoms with Crippen LogP contribution < -0.4 is 5.32 Å². The summed E-state index contributed by atoms with van der Waals surface area (Å²) in [6.45, 7) is 2.75. The van der Waals surface area contributed by atoms with Gasteiger partial charge in [0, 0.05) is 19.6 Å². The molecule has 1 rings (SSSR count). The summed E-state index contributed by atoms with van der Waals surface area (Å²) < 4.78 is 42.1. The molecule has 0 amide bonds. The molecule has 1 aliphatic rings. The van der Waals surface area contributed by atoms with Crippen LogP contribution in [0.3, 0.4) is 0 Å². The Labute approximate surface area is 101 Å². The molecule has 1 N–H and O–H groups in total. The molecule has 0 radical (unpaired) electrons. The van der Waals surface area contributed by atoms with Crippen LogP contribution in [0.15, 0.2) is 0 Å². The van der Waals surface area contributed by atoms with Gasteiger partial charge in [-0.1, -0.05) is 6.92 Å². The smallest absolute Gasteiger partial charge is 0.380 e. The van der Waals surface area contributed by atoms with Crippen LogP contribution in [0.2, 0.25) is 0 Å². The van der Waals surface area contributed by atoms with Gasteiger partial charge in [0.25, 0.3) is 0 Å². The minimum atomic E-state index is -4.08. The number of ether oxygens (including phenoxy) is 1. The van der Waals surface area contributed by atoms with Gasteiger partial charge >= 0.3 is 6.18 Å². The summed E-state index contributed by atoms with van der Waals surface area (Å²) in [5, 5.41) is 3.19. The highest BCUT2D eigenvalue weighted by atomic mass is 19.4. The molecule has 0 bridgehead atoms. The number of alkyl halides is 3. The second kappa shape index (κ2) is 6.59. The van der Waals surface area contributed by atoms with E-state index in [2.05, 4.69) is 5.32 Å². The van der Waals surface area contributed by atoms with Crippen molar-refractivity contribution in [2.75, 3.05) is 13.7 Å².